The Morgan fingerprint density at radius 1 is 1.12 bits per heavy atom. The molecule has 0 saturated carbocycles. The molecular formula is C19H26N4O. The zero-order chi connectivity index (χ0) is 17.7. The van der Waals surface area contributed by atoms with Crippen molar-refractivity contribution in [3.63, 3.8) is 0 Å². The maximum Gasteiger partial charge on any atom is 0.270 e. The summed E-state index contributed by atoms with van der Waals surface area (Å²) in [6, 6.07) is 9.82. The molecule has 1 aromatic carbocycles. The first-order chi connectivity index (χ1) is 11.4. The summed E-state index contributed by atoms with van der Waals surface area (Å²) in [7, 11) is 0. The van der Waals surface area contributed by atoms with E-state index < -0.39 is 0 Å². The van der Waals surface area contributed by atoms with Gasteiger partial charge in [0.15, 0.2) is 0 Å². The van der Waals surface area contributed by atoms with Gasteiger partial charge in [0.2, 0.25) is 0 Å². The van der Waals surface area contributed by atoms with E-state index in [1.165, 1.54) is 5.56 Å². The summed E-state index contributed by atoms with van der Waals surface area (Å²) in [4.78, 5) is 20.9. The zero-order valence-electron chi connectivity index (χ0n) is 15.1. The highest BCUT2D eigenvalue weighted by Gasteiger charge is 2.12. The van der Waals surface area contributed by atoms with Crippen molar-refractivity contribution in [1.29, 1.82) is 0 Å². The molecule has 1 amide bonds. The van der Waals surface area contributed by atoms with E-state index in [9.17, 15) is 4.79 Å². The molecule has 0 bridgehead atoms. The van der Waals surface area contributed by atoms with Crippen molar-refractivity contribution in [3.05, 3.63) is 47.4 Å². The monoisotopic (exact) mass is 326 g/mol. The van der Waals surface area contributed by atoms with Crippen LogP contribution < -0.4 is 10.6 Å². The van der Waals surface area contributed by atoms with Crippen LogP contribution in [0.2, 0.25) is 0 Å². The predicted octanol–water partition coefficient (Wildman–Crippen LogP) is 4.04. The molecule has 1 heterocycles. The second-order valence-corrected chi connectivity index (χ2v) is 6.66. The van der Waals surface area contributed by atoms with Gasteiger partial charge >= 0.3 is 0 Å². The van der Waals surface area contributed by atoms with E-state index in [-0.39, 0.29) is 5.91 Å². The molecule has 5 nitrogen and oxygen atoms in total. The molecule has 2 rings (SSSR count). The lowest BCUT2D eigenvalue weighted by molar-refractivity contribution is 0.0943. The number of hydrogen-bond acceptors (Lipinski definition) is 4. The van der Waals surface area contributed by atoms with E-state index in [0.29, 0.717) is 35.7 Å². The number of anilines is 2. The molecule has 0 spiro atoms. The normalized spacial score (nSPS) is 11.0. The Hall–Kier alpha value is -2.43. The van der Waals surface area contributed by atoms with Crippen LogP contribution >= 0.6 is 0 Å². The number of para-hydroxylation sites is 1. The number of nitrogens with zero attached hydrogens (tertiary/aromatic N) is 2. The standard InChI is InChI=1S/C19H26N4O/c1-12(2)11-20-19(24)17-10-18(22-14(5)21-17)23-16-9-7-6-8-15(16)13(3)4/h6-10,12-13H,11H2,1-5H3,(H,20,24)(H,21,22,23). The molecule has 5 heteroatoms. The molecule has 0 fully saturated rings. The largest absolute Gasteiger partial charge is 0.350 e. The van der Waals surface area contributed by atoms with Crippen LogP contribution in [0.25, 0.3) is 0 Å². The molecule has 0 aliphatic carbocycles. The van der Waals surface area contributed by atoms with E-state index >= 15 is 0 Å². The highest BCUT2D eigenvalue weighted by molar-refractivity contribution is 5.93. The quantitative estimate of drug-likeness (QED) is 0.841. The zero-order valence-corrected chi connectivity index (χ0v) is 15.1. The molecule has 1 aromatic heterocycles. The summed E-state index contributed by atoms with van der Waals surface area (Å²) in [5, 5.41) is 6.21. The van der Waals surface area contributed by atoms with Gasteiger partial charge in [-0.1, -0.05) is 45.9 Å². The van der Waals surface area contributed by atoms with E-state index in [2.05, 4.69) is 54.4 Å². The first kappa shape index (κ1) is 17.9. The Bertz CT molecular complexity index is 710. The van der Waals surface area contributed by atoms with Crippen molar-refractivity contribution in [2.24, 2.45) is 5.92 Å². The fourth-order valence-corrected chi connectivity index (χ4v) is 2.39. The minimum absolute atomic E-state index is 0.172. The van der Waals surface area contributed by atoms with Gasteiger partial charge in [-0.2, -0.15) is 0 Å². The van der Waals surface area contributed by atoms with Gasteiger partial charge in [0, 0.05) is 18.3 Å². The fourth-order valence-electron chi connectivity index (χ4n) is 2.39. The fraction of sp³-hybridized carbons (Fsp3) is 0.421. The van der Waals surface area contributed by atoms with Crippen LogP contribution in [0.3, 0.4) is 0 Å². The third-order valence-corrected chi connectivity index (χ3v) is 3.59. The molecule has 0 aliphatic rings. The third kappa shape index (κ3) is 4.78. The van der Waals surface area contributed by atoms with Crippen molar-refractivity contribution in [3.8, 4) is 0 Å². The summed E-state index contributed by atoms with van der Waals surface area (Å²) >= 11 is 0. The second kappa shape index (κ2) is 7.90. The minimum atomic E-state index is -0.172. The summed E-state index contributed by atoms with van der Waals surface area (Å²) < 4.78 is 0. The third-order valence-electron chi connectivity index (χ3n) is 3.59. The summed E-state index contributed by atoms with van der Waals surface area (Å²) in [6.45, 7) is 10.8. The number of aromatic nitrogens is 2. The highest BCUT2D eigenvalue weighted by Crippen LogP contribution is 2.26. The van der Waals surface area contributed by atoms with Crippen molar-refractivity contribution in [2.75, 3.05) is 11.9 Å². The molecule has 0 atom stereocenters. The first-order valence-electron chi connectivity index (χ1n) is 8.36. The van der Waals surface area contributed by atoms with Crippen molar-refractivity contribution < 1.29 is 4.79 Å². The van der Waals surface area contributed by atoms with Crippen LogP contribution in [0.5, 0.6) is 0 Å². The van der Waals surface area contributed by atoms with Crippen LogP contribution in [0, 0.1) is 12.8 Å². The number of aryl methyl sites for hydroxylation is 1. The Balaban J connectivity index is 2.24. The van der Waals surface area contributed by atoms with Crippen LogP contribution in [0.4, 0.5) is 11.5 Å². The van der Waals surface area contributed by atoms with E-state index in [1.54, 1.807) is 13.0 Å². The van der Waals surface area contributed by atoms with E-state index in [0.717, 1.165) is 5.69 Å². The van der Waals surface area contributed by atoms with Gasteiger partial charge in [-0.05, 0) is 30.4 Å². The molecule has 128 valence electrons. The van der Waals surface area contributed by atoms with E-state index in [1.807, 2.05) is 18.2 Å². The molecule has 0 saturated heterocycles. The Morgan fingerprint density at radius 2 is 1.83 bits per heavy atom. The van der Waals surface area contributed by atoms with Gasteiger partial charge in [-0.25, -0.2) is 9.97 Å². The van der Waals surface area contributed by atoms with Gasteiger partial charge in [0.25, 0.3) is 5.91 Å². The predicted molar refractivity (Wildman–Crippen MR) is 97.8 cm³/mol. The van der Waals surface area contributed by atoms with Crippen molar-refractivity contribution in [2.45, 2.75) is 40.5 Å². The molecule has 2 N–H and O–H groups in total. The lowest BCUT2D eigenvalue weighted by atomic mass is 10.0. The molecule has 0 radical (unpaired) electrons. The van der Waals surface area contributed by atoms with E-state index in [4.69, 9.17) is 0 Å². The molecule has 2 aromatic rings. The topological polar surface area (TPSA) is 66.9 Å². The summed E-state index contributed by atoms with van der Waals surface area (Å²) in [6.07, 6.45) is 0. The summed E-state index contributed by atoms with van der Waals surface area (Å²) in [5.41, 5.74) is 2.59. The van der Waals surface area contributed by atoms with Gasteiger partial charge in [-0.3, -0.25) is 4.79 Å². The number of carbonyl (C=O) groups is 1. The van der Waals surface area contributed by atoms with Gasteiger partial charge in [0.05, 0.1) is 0 Å². The maximum atomic E-state index is 12.3. The van der Waals surface area contributed by atoms with Crippen LogP contribution in [0.15, 0.2) is 30.3 Å². The smallest absolute Gasteiger partial charge is 0.270 e. The summed E-state index contributed by atoms with van der Waals surface area (Å²) in [5.74, 6) is 1.81. The number of carbonyl (C=O) groups excluding carboxylic acids is 1. The number of benzene rings is 1. The molecule has 0 unspecified atom stereocenters. The lowest BCUT2D eigenvalue weighted by Gasteiger charge is -2.15. The van der Waals surface area contributed by atoms with Gasteiger partial charge in [-0.15, -0.1) is 0 Å². The van der Waals surface area contributed by atoms with Gasteiger partial charge < -0.3 is 10.6 Å². The Morgan fingerprint density at radius 3 is 2.50 bits per heavy atom. The average Bonchev–Trinajstić information content (AvgIpc) is 2.52. The maximum absolute atomic E-state index is 12.3. The van der Waals surface area contributed by atoms with Crippen LogP contribution in [-0.4, -0.2) is 22.4 Å². The number of amides is 1. The number of rotatable bonds is 6. The highest BCUT2D eigenvalue weighted by atomic mass is 16.1. The molecule has 24 heavy (non-hydrogen) atoms. The van der Waals surface area contributed by atoms with Gasteiger partial charge in [0.1, 0.15) is 17.3 Å². The van der Waals surface area contributed by atoms with Crippen LogP contribution in [0.1, 0.15) is 55.5 Å². The second-order valence-electron chi connectivity index (χ2n) is 6.66. The van der Waals surface area contributed by atoms with Crippen LogP contribution in [-0.2, 0) is 0 Å². The Kier molecular flexibility index (Phi) is 5.90. The lowest BCUT2D eigenvalue weighted by Crippen LogP contribution is -2.28. The molecule has 0 aliphatic heterocycles. The van der Waals surface area contributed by atoms with Crippen molar-refractivity contribution >= 4 is 17.4 Å². The number of hydrogen-bond donors (Lipinski definition) is 2. The number of nitrogens with one attached hydrogen (secondary N) is 2. The first-order valence-corrected chi connectivity index (χ1v) is 8.36. The SMILES string of the molecule is Cc1nc(Nc2ccccc2C(C)C)cc(C(=O)NCC(C)C)n1. The average molecular weight is 326 g/mol. The Labute approximate surface area is 143 Å². The van der Waals surface area contributed by atoms with Crippen molar-refractivity contribution in [1.82, 2.24) is 15.3 Å². The minimum Gasteiger partial charge on any atom is -0.350 e. The molecular weight excluding hydrogens is 300 g/mol.